The van der Waals surface area contributed by atoms with E-state index in [9.17, 15) is 4.79 Å². The average Bonchev–Trinajstić information content (AvgIpc) is 2.86. The summed E-state index contributed by atoms with van der Waals surface area (Å²) in [5, 5.41) is 7.44. The maximum atomic E-state index is 11.9. The summed E-state index contributed by atoms with van der Waals surface area (Å²) in [5.74, 6) is 0.699. The zero-order valence-electron chi connectivity index (χ0n) is 10.5. The lowest BCUT2D eigenvalue weighted by Gasteiger charge is -2.33. The van der Waals surface area contributed by atoms with Gasteiger partial charge in [-0.15, -0.1) is 21.8 Å². The van der Waals surface area contributed by atoms with Crippen molar-refractivity contribution in [3.05, 3.63) is 12.2 Å². The number of aryl methyl sites for hydroxylation is 1. The fourth-order valence-electron chi connectivity index (χ4n) is 2.01. The molecule has 1 aliphatic rings. The van der Waals surface area contributed by atoms with Gasteiger partial charge < -0.3 is 14.2 Å². The minimum absolute atomic E-state index is 0.0625. The Hall–Kier alpha value is -1.14. The van der Waals surface area contributed by atoms with Crippen molar-refractivity contribution in [2.75, 3.05) is 19.7 Å². The number of hydrogen-bond donors (Lipinski definition) is 0. The van der Waals surface area contributed by atoms with Crippen molar-refractivity contribution in [1.82, 2.24) is 19.7 Å². The van der Waals surface area contributed by atoms with Crippen LogP contribution in [0.15, 0.2) is 6.33 Å². The summed E-state index contributed by atoms with van der Waals surface area (Å²) in [5.41, 5.74) is 0. The van der Waals surface area contributed by atoms with E-state index < -0.39 is 5.38 Å². The van der Waals surface area contributed by atoms with Crippen LogP contribution in [-0.2, 0) is 16.1 Å². The van der Waals surface area contributed by atoms with Crippen LogP contribution in [0.3, 0.4) is 0 Å². The normalized spacial score (nSPS) is 21.9. The zero-order valence-corrected chi connectivity index (χ0v) is 11.3. The summed E-state index contributed by atoms with van der Waals surface area (Å²) in [6.45, 7) is 6.03. The first-order valence-electron chi connectivity index (χ1n) is 6.05. The summed E-state index contributed by atoms with van der Waals surface area (Å²) in [4.78, 5) is 13.6. The van der Waals surface area contributed by atoms with Crippen molar-refractivity contribution >= 4 is 17.5 Å². The molecule has 7 heteroatoms. The third kappa shape index (κ3) is 2.64. The quantitative estimate of drug-likeness (QED) is 0.765. The second kappa shape index (κ2) is 5.67. The number of halogens is 1. The summed E-state index contributed by atoms with van der Waals surface area (Å²) in [6, 6.07) is 0. The molecule has 0 aromatic carbocycles. The number of ether oxygens (including phenoxy) is 1. The molecule has 1 aromatic heterocycles. The van der Waals surface area contributed by atoms with Gasteiger partial charge in [-0.25, -0.2) is 0 Å². The van der Waals surface area contributed by atoms with E-state index in [1.165, 1.54) is 0 Å². The lowest BCUT2D eigenvalue weighted by molar-refractivity contribution is -0.138. The number of aromatic nitrogens is 3. The first kappa shape index (κ1) is 13.3. The van der Waals surface area contributed by atoms with Gasteiger partial charge in [-0.1, -0.05) is 0 Å². The average molecular weight is 273 g/mol. The molecule has 1 aliphatic heterocycles. The molecule has 0 spiro atoms. The van der Waals surface area contributed by atoms with Crippen LogP contribution in [0.25, 0.3) is 0 Å². The smallest absolute Gasteiger partial charge is 0.240 e. The Labute approximate surface area is 111 Å². The molecule has 0 N–H and O–H groups in total. The minimum atomic E-state index is -0.507. The second-order valence-electron chi connectivity index (χ2n) is 4.23. The molecule has 2 rings (SSSR count). The van der Waals surface area contributed by atoms with Crippen molar-refractivity contribution in [3.63, 3.8) is 0 Å². The Morgan fingerprint density at radius 2 is 2.50 bits per heavy atom. The van der Waals surface area contributed by atoms with Crippen LogP contribution in [0.1, 0.15) is 25.8 Å². The molecule has 0 bridgehead atoms. The maximum Gasteiger partial charge on any atom is 0.240 e. The summed E-state index contributed by atoms with van der Waals surface area (Å²) < 4.78 is 7.58. The van der Waals surface area contributed by atoms with Gasteiger partial charge in [0.25, 0.3) is 0 Å². The van der Waals surface area contributed by atoms with E-state index in [4.69, 9.17) is 16.3 Å². The van der Waals surface area contributed by atoms with Gasteiger partial charge in [0.1, 0.15) is 17.8 Å². The van der Waals surface area contributed by atoms with E-state index in [1.54, 1.807) is 18.2 Å². The first-order valence-corrected chi connectivity index (χ1v) is 6.49. The van der Waals surface area contributed by atoms with Gasteiger partial charge in [0.15, 0.2) is 5.82 Å². The number of hydrogen-bond acceptors (Lipinski definition) is 4. The molecular formula is C11H17ClN4O2. The van der Waals surface area contributed by atoms with Crippen LogP contribution in [0.5, 0.6) is 0 Å². The van der Waals surface area contributed by atoms with E-state index in [0.717, 1.165) is 12.4 Å². The van der Waals surface area contributed by atoms with Gasteiger partial charge in [0.05, 0.1) is 13.2 Å². The molecule has 1 amide bonds. The van der Waals surface area contributed by atoms with Crippen molar-refractivity contribution in [1.29, 1.82) is 0 Å². The van der Waals surface area contributed by atoms with Crippen LogP contribution in [0, 0.1) is 0 Å². The number of carbonyl (C=O) groups excluding carboxylic acids is 1. The number of nitrogens with zero attached hydrogens (tertiary/aromatic N) is 4. The van der Waals surface area contributed by atoms with Gasteiger partial charge in [-0.2, -0.15) is 0 Å². The van der Waals surface area contributed by atoms with Crippen LogP contribution in [0.2, 0.25) is 0 Å². The first-order chi connectivity index (χ1) is 8.63. The highest BCUT2D eigenvalue weighted by atomic mass is 35.5. The molecule has 6 nitrogen and oxygen atoms in total. The Morgan fingerprint density at radius 1 is 1.72 bits per heavy atom. The Morgan fingerprint density at radius 3 is 3.17 bits per heavy atom. The van der Waals surface area contributed by atoms with Gasteiger partial charge in [-0.05, 0) is 13.8 Å². The van der Waals surface area contributed by atoms with Gasteiger partial charge >= 0.3 is 0 Å². The lowest BCUT2D eigenvalue weighted by atomic mass is 10.2. The molecule has 100 valence electrons. The van der Waals surface area contributed by atoms with Gasteiger partial charge in [-0.3, -0.25) is 4.79 Å². The SMILES string of the molecule is CCn1cnnc1C1CN(C(=O)C(C)Cl)CCO1. The number of morpholine rings is 1. The number of carbonyl (C=O) groups is 1. The van der Waals surface area contributed by atoms with Crippen LogP contribution >= 0.6 is 11.6 Å². The molecule has 18 heavy (non-hydrogen) atoms. The third-order valence-electron chi connectivity index (χ3n) is 2.99. The predicted octanol–water partition coefficient (Wildman–Crippen LogP) is 0.825. The van der Waals surface area contributed by atoms with Gasteiger partial charge in [0, 0.05) is 13.1 Å². The molecule has 1 fully saturated rings. The molecule has 2 heterocycles. The van der Waals surface area contributed by atoms with Crippen molar-refractivity contribution in [2.24, 2.45) is 0 Å². The van der Waals surface area contributed by atoms with E-state index >= 15 is 0 Å². The molecule has 1 saturated heterocycles. The van der Waals surface area contributed by atoms with Crippen molar-refractivity contribution in [3.8, 4) is 0 Å². The molecule has 0 saturated carbocycles. The van der Waals surface area contributed by atoms with Crippen LogP contribution in [0.4, 0.5) is 0 Å². The highest BCUT2D eigenvalue weighted by molar-refractivity contribution is 6.30. The second-order valence-corrected chi connectivity index (χ2v) is 4.89. The summed E-state index contributed by atoms with van der Waals surface area (Å²) in [6.07, 6.45) is 1.45. The molecule has 2 atom stereocenters. The number of amides is 1. The highest BCUT2D eigenvalue weighted by Crippen LogP contribution is 2.21. The van der Waals surface area contributed by atoms with E-state index in [1.807, 2.05) is 11.5 Å². The maximum absolute atomic E-state index is 11.9. The summed E-state index contributed by atoms with van der Waals surface area (Å²) in [7, 11) is 0. The standard InChI is InChI=1S/C11H17ClN4O2/c1-3-15-7-13-14-10(15)9-6-16(4-5-18-9)11(17)8(2)12/h7-9H,3-6H2,1-2H3. The number of alkyl halides is 1. The van der Waals surface area contributed by atoms with E-state index in [0.29, 0.717) is 19.7 Å². The minimum Gasteiger partial charge on any atom is -0.366 e. The Bertz CT molecular complexity index is 421. The number of rotatable bonds is 3. The van der Waals surface area contributed by atoms with Crippen LogP contribution in [-0.4, -0.2) is 50.6 Å². The van der Waals surface area contributed by atoms with E-state index in [-0.39, 0.29) is 12.0 Å². The predicted molar refractivity (Wildman–Crippen MR) is 66.3 cm³/mol. The molecule has 0 aliphatic carbocycles. The summed E-state index contributed by atoms with van der Waals surface area (Å²) >= 11 is 5.83. The van der Waals surface area contributed by atoms with Crippen molar-refractivity contribution < 1.29 is 9.53 Å². The Balaban J connectivity index is 2.09. The fraction of sp³-hybridized carbons (Fsp3) is 0.727. The molecule has 0 radical (unpaired) electrons. The Kier molecular flexibility index (Phi) is 4.19. The third-order valence-corrected chi connectivity index (χ3v) is 3.18. The van der Waals surface area contributed by atoms with Crippen LogP contribution < -0.4 is 0 Å². The van der Waals surface area contributed by atoms with Gasteiger partial charge in [0.2, 0.25) is 5.91 Å². The zero-order chi connectivity index (χ0) is 13.1. The van der Waals surface area contributed by atoms with E-state index in [2.05, 4.69) is 10.2 Å². The largest absolute Gasteiger partial charge is 0.366 e. The molecular weight excluding hydrogens is 256 g/mol. The lowest BCUT2D eigenvalue weighted by Crippen LogP contribution is -2.45. The molecule has 2 unspecified atom stereocenters. The van der Waals surface area contributed by atoms with Crippen molar-refractivity contribution in [2.45, 2.75) is 31.9 Å². The topological polar surface area (TPSA) is 60.2 Å². The highest BCUT2D eigenvalue weighted by Gasteiger charge is 2.29. The monoisotopic (exact) mass is 272 g/mol. The fourth-order valence-corrected chi connectivity index (χ4v) is 2.15. The molecule has 1 aromatic rings.